The van der Waals surface area contributed by atoms with E-state index >= 15 is 0 Å². The minimum absolute atomic E-state index is 0.0906. The molecular formula is C17H18N6O3S. The van der Waals surface area contributed by atoms with Gasteiger partial charge in [-0.05, 0) is 19.1 Å². The first-order valence-electron chi connectivity index (χ1n) is 8.18. The van der Waals surface area contributed by atoms with Crippen LogP contribution in [0.25, 0.3) is 16.7 Å². The topological polar surface area (TPSA) is 102 Å². The molecule has 1 aromatic carbocycles. The maximum absolute atomic E-state index is 12.5. The summed E-state index contributed by atoms with van der Waals surface area (Å²) < 4.78 is 6.66. The lowest BCUT2D eigenvalue weighted by Gasteiger charge is -2.07. The number of ether oxygens (including phenoxy) is 1. The molecule has 0 fully saturated rings. The average molecular weight is 386 g/mol. The molecule has 3 aromatic rings. The van der Waals surface area contributed by atoms with Crippen LogP contribution < -0.4 is 0 Å². The van der Waals surface area contributed by atoms with Crippen molar-refractivity contribution in [1.29, 1.82) is 0 Å². The normalized spacial score (nSPS) is 11.4. The van der Waals surface area contributed by atoms with E-state index in [1.165, 1.54) is 18.1 Å². The van der Waals surface area contributed by atoms with Gasteiger partial charge in [-0.15, -0.1) is 10.2 Å². The minimum atomic E-state index is -0.520. The molecular weight excluding hydrogens is 368 g/mol. The summed E-state index contributed by atoms with van der Waals surface area (Å²) in [5, 5.41) is 8.71. The number of carbonyl (C=O) groups excluding carboxylic acids is 2. The summed E-state index contributed by atoms with van der Waals surface area (Å²) in [5.41, 5.74) is 1.73. The summed E-state index contributed by atoms with van der Waals surface area (Å²) in [4.78, 5) is 34.2. The third kappa shape index (κ3) is 4.05. The smallest absolute Gasteiger partial charge is 0.316 e. The SMILES string of the molecule is CCOC(=O)CSc1nnc2c(C(=O)N=CN(C)C)nc3ccccc3n12. The van der Waals surface area contributed by atoms with Gasteiger partial charge in [-0.3, -0.25) is 14.0 Å². The molecule has 0 aliphatic carbocycles. The molecule has 0 unspecified atom stereocenters. The van der Waals surface area contributed by atoms with E-state index in [2.05, 4.69) is 20.2 Å². The number of amides is 1. The molecule has 0 aliphatic heterocycles. The minimum Gasteiger partial charge on any atom is -0.465 e. The number of para-hydroxylation sites is 2. The number of hydrogen-bond donors (Lipinski definition) is 0. The zero-order valence-electron chi connectivity index (χ0n) is 15.1. The maximum Gasteiger partial charge on any atom is 0.316 e. The number of aliphatic imine (C=N–C) groups is 1. The molecule has 2 aromatic heterocycles. The molecule has 2 heterocycles. The number of fused-ring (bicyclic) bond motifs is 3. The van der Waals surface area contributed by atoms with Gasteiger partial charge in [0.15, 0.2) is 16.5 Å². The van der Waals surface area contributed by atoms with Crippen LogP contribution in [0.2, 0.25) is 0 Å². The van der Waals surface area contributed by atoms with Crippen molar-refractivity contribution in [3.8, 4) is 0 Å². The largest absolute Gasteiger partial charge is 0.465 e. The highest BCUT2D eigenvalue weighted by atomic mass is 32.2. The molecule has 0 atom stereocenters. The van der Waals surface area contributed by atoms with Crippen LogP contribution in [0.5, 0.6) is 0 Å². The van der Waals surface area contributed by atoms with E-state index in [4.69, 9.17) is 4.74 Å². The number of carbonyl (C=O) groups is 2. The Hall–Kier alpha value is -3.01. The lowest BCUT2D eigenvalue weighted by molar-refractivity contribution is -0.139. The van der Waals surface area contributed by atoms with E-state index in [1.54, 1.807) is 36.4 Å². The fourth-order valence-corrected chi connectivity index (χ4v) is 3.09. The number of esters is 1. The second-order valence-electron chi connectivity index (χ2n) is 5.70. The summed E-state index contributed by atoms with van der Waals surface area (Å²) in [5.74, 6) is -0.772. The van der Waals surface area contributed by atoms with Crippen LogP contribution >= 0.6 is 11.8 Å². The van der Waals surface area contributed by atoms with Crippen LogP contribution in [0.1, 0.15) is 17.4 Å². The number of nitrogens with zero attached hydrogens (tertiary/aromatic N) is 6. The number of aromatic nitrogens is 4. The van der Waals surface area contributed by atoms with Crippen molar-refractivity contribution in [2.45, 2.75) is 12.1 Å². The van der Waals surface area contributed by atoms with Crippen molar-refractivity contribution in [3.63, 3.8) is 0 Å². The molecule has 140 valence electrons. The van der Waals surface area contributed by atoms with E-state index in [0.29, 0.717) is 22.9 Å². The fourth-order valence-electron chi connectivity index (χ4n) is 2.35. The van der Waals surface area contributed by atoms with Gasteiger partial charge in [0.2, 0.25) is 0 Å². The van der Waals surface area contributed by atoms with Crippen molar-refractivity contribution < 1.29 is 14.3 Å². The fraction of sp³-hybridized carbons (Fsp3) is 0.294. The third-order valence-corrected chi connectivity index (χ3v) is 4.34. The van der Waals surface area contributed by atoms with Crippen LogP contribution in [0.15, 0.2) is 34.4 Å². The Morgan fingerprint density at radius 1 is 1.30 bits per heavy atom. The zero-order chi connectivity index (χ0) is 19.4. The summed E-state index contributed by atoms with van der Waals surface area (Å²) in [7, 11) is 3.53. The average Bonchev–Trinajstić information content (AvgIpc) is 3.08. The highest BCUT2D eigenvalue weighted by Gasteiger charge is 2.20. The van der Waals surface area contributed by atoms with Crippen molar-refractivity contribution in [1.82, 2.24) is 24.5 Å². The summed E-state index contributed by atoms with van der Waals surface area (Å²) >= 11 is 1.19. The molecule has 1 amide bonds. The highest BCUT2D eigenvalue weighted by Crippen LogP contribution is 2.24. The van der Waals surface area contributed by atoms with Crippen LogP contribution in [0.4, 0.5) is 0 Å². The number of rotatable bonds is 6. The lowest BCUT2D eigenvalue weighted by atomic mass is 10.2. The van der Waals surface area contributed by atoms with Gasteiger partial charge in [0.1, 0.15) is 0 Å². The molecule has 9 nitrogen and oxygen atoms in total. The molecule has 10 heteroatoms. The predicted octanol–water partition coefficient (Wildman–Crippen LogP) is 1.66. The molecule has 0 spiro atoms. The molecule has 0 N–H and O–H groups in total. The van der Waals surface area contributed by atoms with Crippen LogP contribution in [-0.2, 0) is 9.53 Å². The molecule has 0 bridgehead atoms. The van der Waals surface area contributed by atoms with Gasteiger partial charge in [-0.25, -0.2) is 4.98 Å². The predicted molar refractivity (Wildman–Crippen MR) is 102 cm³/mol. The van der Waals surface area contributed by atoms with Gasteiger partial charge >= 0.3 is 11.9 Å². The van der Waals surface area contributed by atoms with Crippen LogP contribution in [0, 0.1) is 0 Å². The quantitative estimate of drug-likeness (QED) is 0.273. The molecule has 3 rings (SSSR count). The van der Waals surface area contributed by atoms with Crippen LogP contribution in [-0.4, -0.2) is 69.2 Å². The number of hydrogen-bond acceptors (Lipinski definition) is 7. The highest BCUT2D eigenvalue weighted by molar-refractivity contribution is 7.99. The van der Waals surface area contributed by atoms with Gasteiger partial charge in [-0.1, -0.05) is 23.9 Å². The van der Waals surface area contributed by atoms with E-state index in [0.717, 1.165) is 5.52 Å². The van der Waals surface area contributed by atoms with Crippen molar-refractivity contribution in [3.05, 3.63) is 30.0 Å². The monoisotopic (exact) mass is 386 g/mol. The molecule has 27 heavy (non-hydrogen) atoms. The van der Waals surface area contributed by atoms with E-state index in [9.17, 15) is 9.59 Å². The Morgan fingerprint density at radius 2 is 2.07 bits per heavy atom. The first-order valence-corrected chi connectivity index (χ1v) is 9.17. The first-order chi connectivity index (χ1) is 13.0. The van der Waals surface area contributed by atoms with Gasteiger partial charge in [-0.2, -0.15) is 4.99 Å². The van der Waals surface area contributed by atoms with Crippen molar-refractivity contribution >= 4 is 46.7 Å². The van der Waals surface area contributed by atoms with Crippen molar-refractivity contribution in [2.75, 3.05) is 26.5 Å². The second kappa shape index (κ2) is 8.12. The summed E-state index contributed by atoms with van der Waals surface area (Å²) in [6.45, 7) is 2.07. The Morgan fingerprint density at radius 3 is 2.81 bits per heavy atom. The van der Waals surface area contributed by atoms with Gasteiger partial charge in [0, 0.05) is 14.1 Å². The van der Waals surface area contributed by atoms with Crippen molar-refractivity contribution in [2.24, 2.45) is 4.99 Å². The summed E-state index contributed by atoms with van der Waals surface area (Å²) in [6, 6.07) is 7.33. The molecule has 0 saturated carbocycles. The number of benzene rings is 1. The number of thioether (sulfide) groups is 1. The lowest BCUT2D eigenvalue weighted by Crippen LogP contribution is -2.11. The zero-order valence-corrected chi connectivity index (χ0v) is 15.9. The standard InChI is InChI=1S/C17H18N6O3S/c1-4-26-13(24)9-27-17-21-20-15-14(16(25)18-10-22(2)3)19-11-7-5-6-8-12(11)23(15)17/h5-8,10H,4,9H2,1-3H3. The van der Waals surface area contributed by atoms with E-state index in [1.807, 2.05) is 18.2 Å². The third-order valence-electron chi connectivity index (χ3n) is 3.43. The molecule has 0 aliphatic rings. The van der Waals surface area contributed by atoms with E-state index < -0.39 is 5.91 Å². The Labute approximate surface area is 159 Å². The van der Waals surface area contributed by atoms with Gasteiger partial charge in [0.05, 0.1) is 29.7 Å². The summed E-state index contributed by atoms with van der Waals surface area (Å²) in [6.07, 6.45) is 1.41. The Balaban J connectivity index is 2.09. The van der Waals surface area contributed by atoms with E-state index in [-0.39, 0.29) is 17.4 Å². The molecule has 0 radical (unpaired) electrons. The van der Waals surface area contributed by atoms with Gasteiger partial charge in [0.25, 0.3) is 0 Å². The first kappa shape index (κ1) is 18.8. The Bertz CT molecular complexity index is 1030. The second-order valence-corrected chi connectivity index (χ2v) is 6.64. The molecule has 0 saturated heterocycles. The Kier molecular flexibility index (Phi) is 5.65. The van der Waals surface area contributed by atoms with Gasteiger partial charge < -0.3 is 9.64 Å². The van der Waals surface area contributed by atoms with Crippen LogP contribution in [0.3, 0.4) is 0 Å². The maximum atomic E-state index is 12.5.